The second kappa shape index (κ2) is 8.96. The van der Waals surface area contributed by atoms with Crippen molar-refractivity contribution in [3.8, 4) is 11.5 Å². The summed E-state index contributed by atoms with van der Waals surface area (Å²) in [6, 6.07) is 15.6. The van der Waals surface area contributed by atoms with Crippen LogP contribution in [-0.4, -0.2) is 19.6 Å². The third-order valence-corrected chi connectivity index (χ3v) is 3.88. The number of hydrogen-bond donors (Lipinski definition) is 1. The number of nitrogens with one attached hydrogen (secondary N) is 1. The van der Waals surface area contributed by atoms with Crippen molar-refractivity contribution in [3.63, 3.8) is 0 Å². The predicted molar refractivity (Wildman–Crippen MR) is 95.5 cm³/mol. The molecule has 0 spiro atoms. The molecule has 0 aliphatic heterocycles. The number of aryl methyl sites for hydroxylation is 1. The Hall–Kier alpha value is -2.49. The predicted octanol–water partition coefficient (Wildman–Crippen LogP) is 4.04. The van der Waals surface area contributed by atoms with Gasteiger partial charge in [-0.1, -0.05) is 36.8 Å². The minimum absolute atomic E-state index is 0.00376. The lowest BCUT2D eigenvalue weighted by molar-refractivity contribution is -0.122. The Morgan fingerprint density at radius 2 is 1.67 bits per heavy atom. The molecule has 0 saturated heterocycles. The van der Waals surface area contributed by atoms with E-state index in [1.54, 1.807) is 7.11 Å². The maximum atomic E-state index is 12.1. The first kappa shape index (κ1) is 17.9. The summed E-state index contributed by atoms with van der Waals surface area (Å²) in [5, 5.41) is 3.07. The lowest BCUT2D eigenvalue weighted by Gasteiger charge is -2.18. The van der Waals surface area contributed by atoms with Crippen LogP contribution in [0, 0.1) is 6.92 Å². The second-order valence-electron chi connectivity index (χ2n) is 5.71. The van der Waals surface area contributed by atoms with Crippen molar-refractivity contribution < 1.29 is 14.3 Å². The van der Waals surface area contributed by atoms with Crippen LogP contribution in [0.15, 0.2) is 48.5 Å². The molecule has 0 heterocycles. The van der Waals surface area contributed by atoms with Crippen molar-refractivity contribution in [2.75, 3.05) is 13.7 Å². The van der Waals surface area contributed by atoms with Crippen molar-refractivity contribution in [1.29, 1.82) is 0 Å². The minimum atomic E-state index is -0.00376. The number of amides is 1. The molecule has 0 aromatic heterocycles. The summed E-state index contributed by atoms with van der Waals surface area (Å²) < 4.78 is 10.7. The zero-order valence-electron chi connectivity index (χ0n) is 14.5. The van der Waals surface area contributed by atoms with E-state index in [1.165, 1.54) is 5.56 Å². The SMILES string of the molecule is CC[C@H](NC(=O)CCOc1ccc(OC)cc1)c1ccc(C)cc1. The molecule has 4 heteroatoms. The first-order chi connectivity index (χ1) is 11.6. The maximum absolute atomic E-state index is 12.1. The van der Waals surface area contributed by atoms with Gasteiger partial charge in [-0.3, -0.25) is 4.79 Å². The van der Waals surface area contributed by atoms with Crippen LogP contribution >= 0.6 is 0 Å². The molecule has 0 fully saturated rings. The lowest BCUT2D eigenvalue weighted by Crippen LogP contribution is -2.29. The number of methoxy groups -OCH3 is 1. The highest BCUT2D eigenvalue weighted by atomic mass is 16.5. The van der Waals surface area contributed by atoms with Gasteiger partial charge in [0.2, 0.25) is 5.91 Å². The summed E-state index contributed by atoms with van der Waals surface area (Å²) in [6.07, 6.45) is 1.18. The largest absolute Gasteiger partial charge is 0.497 e. The first-order valence-electron chi connectivity index (χ1n) is 8.25. The van der Waals surface area contributed by atoms with E-state index in [0.29, 0.717) is 13.0 Å². The van der Waals surface area contributed by atoms with Gasteiger partial charge in [-0.2, -0.15) is 0 Å². The molecule has 2 rings (SSSR count). The topological polar surface area (TPSA) is 47.6 Å². The van der Waals surface area contributed by atoms with Crippen LogP contribution in [0.1, 0.15) is 36.9 Å². The average Bonchev–Trinajstić information content (AvgIpc) is 2.61. The van der Waals surface area contributed by atoms with Crippen molar-refractivity contribution in [2.24, 2.45) is 0 Å². The highest BCUT2D eigenvalue weighted by Gasteiger charge is 2.12. The van der Waals surface area contributed by atoms with Crippen LogP contribution in [0.3, 0.4) is 0 Å². The van der Waals surface area contributed by atoms with Gasteiger partial charge in [0.25, 0.3) is 0 Å². The normalized spacial score (nSPS) is 11.6. The molecule has 0 bridgehead atoms. The highest BCUT2D eigenvalue weighted by molar-refractivity contribution is 5.76. The Kier molecular flexibility index (Phi) is 6.67. The molecule has 0 aliphatic rings. The molecule has 2 aromatic rings. The van der Waals surface area contributed by atoms with E-state index in [2.05, 4.69) is 43.4 Å². The van der Waals surface area contributed by atoms with Crippen LogP contribution in [0.5, 0.6) is 11.5 Å². The van der Waals surface area contributed by atoms with Crippen LogP contribution in [0.4, 0.5) is 0 Å². The molecule has 24 heavy (non-hydrogen) atoms. The number of carbonyl (C=O) groups excluding carboxylic acids is 1. The van der Waals surface area contributed by atoms with Gasteiger partial charge < -0.3 is 14.8 Å². The van der Waals surface area contributed by atoms with Gasteiger partial charge in [-0.25, -0.2) is 0 Å². The molecule has 4 nitrogen and oxygen atoms in total. The zero-order chi connectivity index (χ0) is 17.4. The van der Waals surface area contributed by atoms with Crippen LogP contribution in [0.2, 0.25) is 0 Å². The van der Waals surface area contributed by atoms with E-state index in [0.717, 1.165) is 23.5 Å². The van der Waals surface area contributed by atoms with E-state index in [9.17, 15) is 4.79 Å². The third kappa shape index (κ3) is 5.30. The van der Waals surface area contributed by atoms with Crippen LogP contribution in [-0.2, 0) is 4.79 Å². The van der Waals surface area contributed by atoms with Crippen LogP contribution in [0.25, 0.3) is 0 Å². The van der Waals surface area contributed by atoms with E-state index in [1.807, 2.05) is 24.3 Å². The monoisotopic (exact) mass is 327 g/mol. The lowest BCUT2D eigenvalue weighted by atomic mass is 10.0. The smallest absolute Gasteiger partial charge is 0.223 e. The summed E-state index contributed by atoms with van der Waals surface area (Å²) >= 11 is 0. The molecule has 128 valence electrons. The molecule has 0 aliphatic carbocycles. The van der Waals surface area contributed by atoms with Gasteiger partial charge in [0, 0.05) is 0 Å². The number of hydrogen-bond acceptors (Lipinski definition) is 3. The van der Waals surface area contributed by atoms with E-state index < -0.39 is 0 Å². The van der Waals surface area contributed by atoms with Crippen molar-refractivity contribution in [1.82, 2.24) is 5.32 Å². The Bertz CT molecular complexity index is 635. The van der Waals surface area contributed by atoms with Gasteiger partial charge in [-0.05, 0) is 43.2 Å². The highest BCUT2D eigenvalue weighted by Crippen LogP contribution is 2.18. The fourth-order valence-electron chi connectivity index (χ4n) is 2.42. The number of benzene rings is 2. The summed E-state index contributed by atoms with van der Waals surface area (Å²) in [5.74, 6) is 1.51. The van der Waals surface area contributed by atoms with Crippen LogP contribution < -0.4 is 14.8 Å². The van der Waals surface area contributed by atoms with E-state index >= 15 is 0 Å². The van der Waals surface area contributed by atoms with Gasteiger partial charge in [0.1, 0.15) is 11.5 Å². The summed E-state index contributed by atoms with van der Waals surface area (Å²) in [4.78, 5) is 12.1. The zero-order valence-corrected chi connectivity index (χ0v) is 14.5. The Labute approximate surface area is 143 Å². The number of ether oxygens (including phenoxy) is 2. The number of carbonyl (C=O) groups is 1. The van der Waals surface area contributed by atoms with Gasteiger partial charge in [0.05, 0.1) is 26.2 Å². The van der Waals surface area contributed by atoms with Crippen molar-refractivity contribution in [2.45, 2.75) is 32.7 Å². The van der Waals surface area contributed by atoms with Gasteiger partial charge in [0.15, 0.2) is 0 Å². The quantitative estimate of drug-likeness (QED) is 0.796. The first-order valence-corrected chi connectivity index (χ1v) is 8.25. The van der Waals surface area contributed by atoms with Crippen molar-refractivity contribution >= 4 is 5.91 Å². The number of rotatable bonds is 8. The Balaban J connectivity index is 1.79. The molecule has 0 radical (unpaired) electrons. The Morgan fingerprint density at radius 1 is 1.04 bits per heavy atom. The summed E-state index contributed by atoms with van der Waals surface area (Å²) in [5.41, 5.74) is 2.35. The van der Waals surface area contributed by atoms with E-state index in [-0.39, 0.29) is 11.9 Å². The molecule has 1 atom stereocenters. The molecular weight excluding hydrogens is 302 g/mol. The minimum Gasteiger partial charge on any atom is -0.497 e. The van der Waals surface area contributed by atoms with E-state index in [4.69, 9.17) is 9.47 Å². The molecule has 1 amide bonds. The molecule has 1 N–H and O–H groups in total. The fraction of sp³-hybridized carbons (Fsp3) is 0.350. The average molecular weight is 327 g/mol. The second-order valence-corrected chi connectivity index (χ2v) is 5.71. The van der Waals surface area contributed by atoms with Crippen molar-refractivity contribution in [3.05, 3.63) is 59.7 Å². The molecule has 0 saturated carbocycles. The third-order valence-electron chi connectivity index (χ3n) is 3.88. The molecule has 2 aromatic carbocycles. The summed E-state index contributed by atoms with van der Waals surface area (Å²) in [7, 11) is 1.62. The van der Waals surface area contributed by atoms with Gasteiger partial charge in [-0.15, -0.1) is 0 Å². The molecule has 0 unspecified atom stereocenters. The summed E-state index contributed by atoms with van der Waals surface area (Å²) in [6.45, 7) is 4.47. The maximum Gasteiger partial charge on any atom is 0.223 e. The van der Waals surface area contributed by atoms with Gasteiger partial charge >= 0.3 is 0 Å². The molecular formula is C20H25NO3. The standard InChI is InChI=1S/C20H25NO3/c1-4-19(16-7-5-15(2)6-8-16)21-20(22)13-14-24-18-11-9-17(23-3)10-12-18/h5-12,19H,4,13-14H2,1-3H3,(H,21,22)/t19-/m0/s1. The Morgan fingerprint density at radius 3 is 2.25 bits per heavy atom. The fourth-order valence-corrected chi connectivity index (χ4v) is 2.42.